The summed E-state index contributed by atoms with van der Waals surface area (Å²) in [5.74, 6) is 1.47. The van der Waals surface area contributed by atoms with Crippen LogP contribution in [0.25, 0.3) is 10.2 Å². The van der Waals surface area contributed by atoms with Gasteiger partial charge in [0.1, 0.15) is 16.5 Å². The molecule has 0 atom stereocenters. The van der Waals surface area contributed by atoms with Gasteiger partial charge in [0, 0.05) is 11.4 Å². The lowest BCUT2D eigenvalue weighted by Crippen LogP contribution is -2.19. The van der Waals surface area contributed by atoms with Gasteiger partial charge in [-0.3, -0.25) is 4.90 Å². The van der Waals surface area contributed by atoms with Gasteiger partial charge in [0.2, 0.25) is 0 Å². The Morgan fingerprint density at radius 1 is 1.08 bits per heavy atom. The van der Waals surface area contributed by atoms with Crippen LogP contribution in [-0.4, -0.2) is 21.9 Å². The van der Waals surface area contributed by atoms with Crippen LogP contribution in [0, 0.1) is 6.92 Å². The number of fused-ring (bicyclic) bond motifs is 3. The quantitative estimate of drug-likeness (QED) is 0.768. The third-order valence-electron chi connectivity index (χ3n) is 4.87. The summed E-state index contributed by atoms with van der Waals surface area (Å²) in [6.45, 7) is 3.69. The van der Waals surface area contributed by atoms with Crippen LogP contribution in [-0.2, 0) is 25.9 Å². The van der Waals surface area contributed by atoms with E-state index in [2.05, 4.69) is 48.1 Å². The van der Waals surface area contributed by atoms with Gasteiger partial charge in [-0.1, -0.05) is 29.8 Å². The Balaban J connectivity index is 1.56. The maximum absolute atomic E-state index is 6.31. The van der Waals surface area contributed by atoms with Crippen molar-refractivity contribution in [2.45, 2.75) is 45.7 Å². The Kier molecular flexibility index (Phi) is 4.44. The lowest BCUT2D eigenvalue weighted by Gasteiger charge is -2.16. The summed E-state index contributed by atoms with van der Waals surface area (Å²) in [5, 5.41) is 1.12. The predicted octanol–water partition coefficient (Wildman–Crippen LogP) is 4.09. The molecular weight excluding hydrogens is 328 g/mol. The molecule has 25 heavy (non-hydrogen) atoms. The Hall–Kier alpha value is -1.98. The summed E-state index contributed by atoms with van der Waals surface area (Å²) in [7, 11) is 2.10. The Labute approximate surface area is 152 Å². The van der Waals surface area contributed by atoms with Crippen molar-refractivity contribution in [3.05, 3.63) is 51.7 Å². The summed E-state index contributed by atoms with van der Waals surface area (Å²) >= 11 is 1.81. The fraction of sp³-hybridized carbons (Fsp3) is 0.400. The first-order valence-electron chi connectivity index (χ1n) is 8.91. The van der Waals surface area contributed by atoms with Crippen molar-refractivity contribution in [1.82, 2.24) is 14.9 Å². The van der Waals surface area contributed by atoms with E-state index in [0.29, 0.717) is 12.4 Å². The van der Waals surface area contributed by atoms with E-state index >= 15 is 0 Å². The average Bonchev–Trinajstić information content (AvgIpc) is 2.95. The first kappa shape index (κ1) is 16.5. The molecule has 4 nitrogen and oxygen atoms in total. The van der Waals surface area contributed by atoms with Crippen molar-refractivity contribution >= 4 is 27.4 Å². The lowest BCUT2D eigenvalue weighted by atomic mass is 9.97. The van der Waals surface area contributed by atoms with Crippen LogP contribution in [0.15, 0.2) is 24.3 Å². The molecule has 1 aromatic carbocycles. The molecule has 2 aromatic heterocycles. The van der Waals surface area contributed by atoms with Crippen LogP contribution in [0.5, 0.6) is 0 Å². The van der Waals surface area contributed by atoms with Crippen molar-refractivity contribution in [3.8, 4) is 0 Å². The fourth-order valence-corrected chi connectivity index (χ4v) is 4.89. The summed E-state index contributed by atoms with van der Waals surface area (Å²) in [6.07, 6.45) is 4.81. The first-order chi connectivity index (χ1) is 12.1. The van der Waals surface area contributed by atoms with Crippen LogP contribution in [0.3, 0.4) is 0 Å². The minimum Gasteiger partial charge on any atom is -0.383 e. The van der Waals surface area contributed by atoms with Gasteiger partial charge in [0.25, 0.3) is 0 Å². The molecule has 0 spiro atoms. The molecule has 0 saturated carbocycles. The van der Waals surface area contributed by atoms with E-state index < -0.39 is 0 Å². The molecule has 0 unspecified atom stereocenters. The van der Waals surface area contributed by atoms with Gasteiger partial charge in [0.15, 0.2) is 0 Å². The molecule has 1 aliphatic carbocycles. The van der Waals surface area contributed by atoms with Gasteiger partial charge in [-0.05, 0) is 50.8 Å². The second-order valence-corrected chi connectivity index (χ2v) is 8.16. The Morgan fingerprint density at radius 2 is 1.84 bits per heavy atom. The molecule has 130 valence electrons. The number of nitrogens with zero attached hydrogens (tertiary/aromatic N) is 3. The lowest BCUT2D eigenvalue weighted by molar-refractivity contribution is 0.311. The second kappa shape index (κ2) is 6.73. The monoisotopic (exact) mass is 352 g/mol. The first-order valence-corrected chi connectivity index (χ1v) is 9.72. The van der Waals surface area contributed by atoms with Crippen molar-refractivity contribution < 1.29 is 0 Å². The number of anilines is 1. The maximum atomic E-state index is 6.31. The predicted molar refractivity (Wildman–Crippen MR) is 105 cm³/mol. The molecule has 3 aromatic rings. The van der Waals surface area contributed by atoms with Gasteiger partial charge in [-0.15, -0.1) is 11.3 Å². The summed E-state index contributed by atoms with van der Waals surface area (Å²) < 4.78 is 0. The van der Waals surface area contributed by atoms with Crippen molar-refractivity contribution in [3.63, 3.8) is 0 Å². The largest absolute Gasteiger partial charge is 0.383 e. The van der Waals surface area contributed by atoms with Crippen LogP contribution in [0.2, 0.25) is 0 Å². The highest BCUT2D eigenvalue weighted by Gasteiger charge is 2.20. The van der Waals surface area contributed by atoms with Crippen LogP contribution >= 0.6 is 11.3 Å². The topological polar surface area (TPSA) is 55.0 Å². The number of nitrogens with two attached hydrogens (primary N) is 1. The number of thiophene rings is 1. The van der Waals surface area contributed by atoms with Gasteiger partial charge >= 0.3 is 0 Å². The molecule has 1 aliphatic rings. The molecule has 4 rings (SSSR count). The number of aryl methyl sites for hydroxylation is 3. The molecule has 0 fully saturated rings. The van der Waals surface area contributed by atoms with Crippen molar-refractivity contribution in [1.29, 1.82) is 0 Å². The van der Waals surface area contributed by atoms with E-state index in [0.717, 1.165) is 29.0 Å². The molecule has 0 radical (unpaired) electrons. The molecule has 0 aliphatic heterocycles. The molecular formula is C20H24N4S. The third kappa shape index (κ3) is 3.39. The van der Waals surface area contributed by atoms with E-state index in [9.17, 15) is 0 Å². The van der Waals surface area contributed by atoms with Crippen LogP contribution in [0.4, 0.5) is 5.82 Å². The molecule has 0 saturated heterocycles. The number of aromatic nitrogens is 2. The third-order valence-corrected chi connectivity index (χ3v) is 6.06. The second-order valence-electron chi connectivity index (χ2n) is 7.07. The molecule has 0 amide bonds. The average molecular weight is 353 g/mol. The van der Waals surface area contributed by atoms with Gasteiger partial charge in [-0.2, -0.15) is 0 Å². The van der Waals surface area contributed by atoms with Crippen molar-refractivity contribution in [2.24, 2.45) is 0 Å². The van der Waals surface area contributed by atoms with Crippen molar-refractivity contribution in [2.75, 3.05) is 12.8 Å². The number of nitrogen functional groups attached to an aromatic ring is 1. The van der Waals surface area contributed by atoms with Gasteiger partial charge < -0.3 is 5.73 Å². The highest BCUT2D eigenvalue weighted by Crippen LogP contribution is 2.37. The van der Waals surface area contributed by atoms with E-state index in [4.69, 9.17) is 10.7 Å². The maximum Gasteiger partial charge on any atom is 0.146 e. The normalized spacial score (nSPS) is 14.2. The van der Waals surface area contributed by atoms with E-state index in [1.54, 1.807) is 0 Å². The number of hydrogen-bond donors (Lipinski definition) is 1. The zero-order valence-electron chi connectivity index (χ0n) is 14.9. The smallest absolute Gasteiger partial charge is 0.146 e. The molecule has 2 N–H and O–H groups in total. The SMILES string of the molecule is Cc1ccc(CN(C)Cc2nc(N)c3c4c(sc3n2)CCCC4)cc1. The van der Waals surface area contributed by atoms with E-state index in [-0.39, 0.29) is 0 Å². The minimum atomic E-state index is 0.656. The molecule has 5 heteroatoms. The summed E-state index contributed by atoms with van der Waals surface area (Å²) in [6, 6.07) is 8.66. The zero-order chi connectivity index (χ0) is 17.4. The summed E-state index contributed by atoms with van der Waals surface area (Å²) in [4.78, 5) is 14.2. The molecule has 0 bridgehead atoms. The Morgan fingerprint density at radius 3 is 2.64 bits per heavy atom. The van der Waals surface area contributed by atoms with Gasteiger partial charge in [0.05, 0.1) is 11.9 Å². The van der Waals surface area contributed by atoms with Gasteiger partial charge in [-0.25, -0.2) is 9.97 Å². The minimum absolute atomic E-state index is 0.656. The summed E-state index contributed by atoms with van der Waals surface area (Å²) in [5.41, 5.74) is 10.3. The number of benzene rings is 1. The van der Waals surface area contributed by atoms with E-state index in [1.807, 2.05) is 11.3 Å². The Bertz CT molecular complexity index is 898. The van der Waals surface area contributed by atoms with E-state index in [1.165, 1.54) is 40.8 Å². The zero-order valence-corrected chi connectivity index (χ0v) is 15.7. The van der Waals surface area contributed by atoms with Crippen LogP contribution in [0.1, 0.15) is 40.2 Å². The molecule has 2 heterocycles. The van der Waals surface area contributed by atoms with Crippen LogP contribution < -0.4 is 5.73 Å². The number of hydrogen-bond acceptors (Lipinski definition) is 5. The highest BCUT2D eigenvalue weighted by molar-refractivity contribution is 7.19. The standard InChI is InChI=1S/C20H24N4S/c1-13-7-9-14(10-8-13)11-24(2)12-17-22-19(21)18-15-5-3-4-6-16(15)25-20(18)23-17/h7-10H,3-6,11-12H2,1-2H3,(H2,21,22,23). The number of rotatable bonds is 4. The highest BCUT2D eigenvalue weighted by atomic mass is 32.1. The fourth-order valence-electron chi connectivity index (χ4n) is 3.60.